The van der Waals surface area contributed by atoms with Crippen LogP contribution in [0.25, 0.3) is 0 Å². The highest BCUT2D eigenvalue weighted by atomic mass is 16.2. The average molecular weight is 241 g/mol. The molecule has 1 heterocycles. The molecule has 1 saturated heterocycles. The summed E-state index contributed by atoms with van der Waals surface area (Å²) in [6, 6.07) is 1.16. The number of hydrogen-bond acceptors (Lipinski definition) is 3. The molecule has 0 aliphatic carbocycles. The van der Waals surface area contributed by atoms with Gasteiger partial charge in [0, 0.05) is 31.2 Å². The van der Waals surface area contributed by atoms with E-state index in [9.17, 15) is 4.79 Å². The molecule has 1 unspecified atom stereocenters. The van der Waals surface area contributed by atoms with Crippen LogP contribution in [0.5, 0.6) is 0 Å². The van der Waals surface area contributed by atoms with Crippen LogP contribution in [0.4, 0.5) is 0 Å². The second-order valence-corrected chi connectivity index (χ2v) is 6.17. The Balaban J connectivity index is 2.77. The zero-order valence-electron chi connectivity index (χ0n) is 12.0. The lowest BCUT2D eigenvalue weighted by atomic mass is 10.00. The molecule has 0 aromatic rings. The summed E-state index contributed by atoms with van der Waals surface area (Å²) in [6.45, 7) is 13.9. The number of amides is 1. The molecule has 1 fully saturated rings. The van der Waals surface area contributed by atoms with Crippen LogP contribution in [0.2, 0.25) is 0 Å². The van der Waals surface area contributed by atoms with Gasteiger partial charge in [0.15, 0.2) is 0 Å². The first-order valence-electron chi connectivity index (χ1n) is 6.50. The van der Waals surface area contributed by atoms with Gasteiger partial charge in [-0.1, -0.05) is 0 Å². The number of rotatable bonds is 2. The van der Waals surface area contributed by atoms with Crippen LogP contribution in [0.1, 0.15) is 41.5 Å². The van der Waals surface area contributed by atoms with Crippen LogP contribution in [0.3, 0.4) is 0 Å². The monoisotopic (exact) mass is 241 g/mol. The number of carbonyl (C=O) groups is 1. The summed E-state index contributed by atoms with van der Waals surface area (Å²) in [5.41, 5.74) is 5.14. The van der Waals surface area contributed by atoms with Crippen molar-refractivity contribution < 1.29 is 4.79 Å². The molecule has 100 valence electrons. The van der Waals surface area contributed by atoms with E-state index in [1.165, 1.54) is 0 Å². The topological polar surface area (TPSA) is 49.6 Å². The molecule has 2 atom stereocenters. The van der Waals surface area contributed by atoms with E-state index in [-0.39, 0.29) is 11.9 Å². The van der Waals surface area contributed by atoms with E-state index in [0.717, 1.165) is 13.1 Å². The Bertz CT molecular complexity index is 283. The zero-order chi connectivity index (χ0) is 13.4. The van der Waals surface area contributed by atoms with Crippen LogP contribution in [0, 0.1) is 0 Å². The van der Waals surface area contributed by atoms with Crippen molar-refractivity contribution in [2.24, 2.45) is 5.73 Å². The van der Waals surface area contributed by atoms with Crippen LogP contribution in [0.15, 0.2) is 0 Å². The molecular weight excluding hydrogens is 214 g/mol. The number of hydrogen-bond donors (Lipinski definition) is 1. The Kier molecular flexibility index (Phi) is 4.20. The van der Waals surface area contributed by atoms with Gasteiger partial charge in [-0.15, -0.1) is 0 Å². The Morgan fingerprint density at radius 3 is 2.18 bits per heavy atom. The summed E-state index contributed by atoms with van der Waals surface area (Å²) in [4.78, 5) is 16.6. The summed E-state index contributed by atoms with van der Waals surface area (Å²) < 4.78 is 0. The fraction of sp³-hybridized carbons (Fsp3) is 0.923. The van der Waals surface area contributed by atoms with Gasteiger partial charge in [-0.2, -0.15) is 0 Å². The normalized spacial score (nSPS) is 27.6. The van der Waals surface area contributed by atoms with Crippen molar-refractivity contribution in [1.29, 1.82) is 0 Å². The lowest BCUT2D eigenvalue weighted by molar-refractivity contribution is -0.142. The van der Waals surface area contributed by atoms with Gasteiger partial charge in [-0.3, -0.25) is 9.69 Å². The molecule has 4 nitrogen and oxygen atoms in total. The van der Waals surface area contributed by atoms with Gasteiger partial charge in [-0.05, 0) is 41.5 Å². The molecule has 1 aliphatic rings. The lowest BCUT2D eigenvalue weighted by Gasteiger charge is -2.47. The van der Waals surface area contributed by atoms with E-state index in [1.54, 1.807) is 13.8 Å². The van der Waals surface area contributed by atoms with Crippen LogP contribution in [-0.2, 0) is 4.79 Å². The summed E-state index contributed by atoms with van der Waals surface area (Å²) in [5, 5.41) is 0. The molecule has 17 heavy (non-hydrogen) atoms. The molecule has 1 aliphatic heterocycles. The molecule has 0 saturated carbocycles. The first kappa shape index (κ1) is 14.5. The molecule has 4 heteroatoms. The third-order valence-corrected chi connectivity index (χ3v) is 3.51. The maximum Gasteiger partial charge on any atom is 0.242 e. The molecule has 0 radical (unpaired) electrons. The molecule has 1 amide bonds. The molecule has 1 rings (SSSR count). The number of nitrogens with zero attached hydrogens (tertiary/aromatic N) is 2. The van der Waals surface area contributed by atoms with E-state index >= 15 is 0 Å². The van der Waals surface area contributed by atoms with Gasteiger partial charge in [0.1, 0.15) is 0 Å². The predicted molar refractivity (Wildman–Crippen MR) is 70.7 cm³/mol. The van der Waals surface area contributed by atoms with Crippen LogP contribution in [-0.4, -0.2) is 52.5 Å². The van der Waals surface area contributed by atoms with E-state index in [0.29, 0.717) is 12.1 Å². The smallest absolute Gasteiger partial charge is 0.242 e. The van der Waals surface area contributed by atoms with Gasteiger partial charge >= 0.3 is 0 Å². The number of nitrogens with two attached hydrogens (primary N) is 1. The molecule has 0 bridgehead atoms. The zero-order valence-corrected chi connectivity index (χ0v) is 12.0. The maximum atomic E-state index is 12.2. The fourth-order valence-electron chi connectivity index (χ4n) is 2.53. The highest BCUT2D eigenvalue weighted by molar-refractivity contribution is 5.85. The van der Waals surface area contributed by atoms with E-state index in [4.69, 9.17) is 5.73 Å². The SMILES string of the molecule is CC1CN(C(C)C)[C@@H](C)CN1C(=O)C(C)(C)N. The fourth-order valence-corrected chi connectivity index (χ4v) is 2.53. The van der Waals surface area contributed by atoms with Gasteiger partial charge in [0.2, 0.25) is 5.91 Å². The third-order valence-electron chi connectivity index (χ3n) is 3.51. The quantitative estimate of drug-likeness (QED) is 0.786. The Morgan fingerprint density at radius 1 is 1.24 bits per heavy atom. The van der Waals surface area contributed by atoms with Crippen LogP contribution < -0.4 is 5.73 Å². The van der Waals surface area contributed by atoms with Crippen molar-refractivity contribution in [2.45, 2.75) is 65.2 Å². The summed E-state index contributed by atoms with van der Waals surface area (Å²) in [5.74, 6) is 0.0558. The van der Waals surface area contributed by atoms with Crippen molar-refractivity contribution in [3.05, 3.63) is 0 Å². The van der Waals surface area contributed by atoms with E-state index in [1.807, 2.05) is 4.90 Å². The van der Waals surface area contributed by atoms with Gasteiger partial charge in [0.05, 0.1) is 5.54 Å². The maximum absolute atomic E-state index is 12.2. The van der Waals surface area contributed by atoms with Crippen molar-refractivity contribution in [3.8, 4) is 0 Å². The van der Waals surface area contributed by atoms with Crippen molar-refractivity contribution in [3.63, 3.8) is 0 Å². The van der Waals surface area contributed by atoms with E-state index < -0.39 is 5.54 Å². The average Bonchev–Trinajstić information content (AvgIpc) is 2.18. The lowest BCUT2D eigenvalue weighted by Crippen LogP contribution is -2.63. The van der Waals surface area contributed by atoms with Gasteiger partial charge < -0.3 is 10.6 Å². The minimum absolute atomic E-state index is 0.0558. The van der Waals surface area contributed by atoms with E-state index in [2.05, 4.69) is 32.6 Å². The molecule has 0 aromatic heterocycles. The third kappa shape index (κ3) is 3.19. The van der Waals surface area contributed by atoms with Crippen molar-refractivity contribution in [2.75, 3.05) is 13.1 Å². The number of carbonyl (C=O) groups excluding carboxylic acids is 1. The first-order chi connectivity index (χ1) is 7.64. The van der Waals surface area contributed by atoms with Gasteiger partial charge in [0.25, 0.3) is 0 Å². The second-order valence-electron chi connectivity index (χ2n) is 6.17. The summed E-state index contributed by atoms with van der Waals surface area (Å²) in [6.07, 6.45) is 0. The molecule has 2 N–H and O–H groups in total. The predicted octanol–water partition coefficient (Wildman–Crippen LogP) is 1.05. The first-order valence-corrected chi connectivity index (χ1v) is 6.50. The minimum Gasteiger partial charge on any atom is -0.336 e. The Labute approximate surface area is 105 Å². The van der Waals surface area contributed by atoms with Gasteiger partial charge in [-0.25, -0.2) is 0 Å². The standard InChI is InChI=1S/C13H27N3O/c1-9(2)15-7-11(4)16(8-10(15)3)12(17)13(5,6)14/h9-11H,7-8,14H2,1-6H3/t10-,11?/m0/s1. The number of piperazine rings is 1. The summed E-state index contributed by atoms with van der Waals surface area (Å²) >= 11 is 0. The minimum atomic E-state index is -0.770. The highest BCUT2D eigenvalue weighted by Crippen LogP contribution is 2.20. The Morgan fingerprint density at radius 2 is 1.76 bits per heavy atom. The summed E-state index contributed by atoms with van der Waals surface area (Å²) in [7, 11) is 0. The molecule has 0 spiro atoms. The molecular formula is C13H27N3O. The Hall–Kier alpha value is -0.610. The van der Waals surface area contributed by atoms with Crippen LogP contribution >= 0.6 is 0 Å². The largest absolute Gasteiger partial charge is 0.336 e. The van der Waals surface area contributed by atoms with Crippen molar-refractivity contribution >= 4 is 5.91 Å². The molecule has 0 aromatic carbocycles. The highest BCUT2D eigenvalue weighted by Gasteiger charge is 2.37. The second kappa shape index (κ2) is 4.94. The van der Waals surface area contributed by atoms with Crippen molar-refractivity contribution in [1.82, 2.24) is 9.80 Å².